The normalized spacial score (nSPS) is 41.2. The van der Waals surface area contributed by atoms with E-state index in [9.17, 15) is 5.11 Å². The van der Waals surface area contributed by atoms with E-state index in [2.05, 4.69) is 6.92 Å². The van der Waals surface area contributed by atoms with Gasteiger partial charge in [0.1, 0.15) is 0 Å². The minimum Gasteiger partial charge on any atom is -0.501 e. The maximum atomic E-state index is 10.2. The van der Waals surface area contributed by atoms with Crippen molar-refractivity contribution in [3.05, 3.63) is 11.8 Å². The molecule has 2 nitrogen and oxygen atoms in total. The quantitative estimate of drug-likeness (QED) is 0.647. The molecular weight excluding hydrogens is 152 g/mol. The van der Waals surface area contributed by atoms with Crippen molar-refractivity contribution in [2.45, 2.75) is 38.2 Å². The molecule has 1 N–H and O–H groups in total. The lowest BCUT2D eigenvalue weighted by atomic mass is 9.65. The van der Waals surface area contributed by atoms with Crippen LogP contribution < -0.4 is 0 Å². The molecule has 68 valence electrons. The van der Waals surface area contributed by atoms with Gasteiger partial charge in [0.05, 0.1) is 18.5 Å². The van der Waals surface area contributed by atoms with Gasteiger partial charge < -0.3 is 9.84 Å². The summed E-state index contributed by atoms with van der Waals surface area (Å²) < 4.78 is 5.23. The summed E-state index contributed by atoms with van der Waals surface area (Å²) in [5.74, 6) is 0.422. The highest BCUT2D eigenvalue weighted by Crippen LogP contribution is 2.45. The molecule has 2 unspecified atom stereocenters. The summed E-state index contributed by atoms with van der Waals surface area (Å²) in [6.07, 6.45) is 5.91. The first-order valence-corrected chi connectivity index (χ1v) is 4.77. The van der Waals surface area contributed by atoms with Crippen molar-refractivity contribution < 1.29 is 9.84 Å². The van der Waals surface area contributed by atoms with E-state index in [0.717, 1.165) is 37.9 Å². The number of ether oxygens (including phenoxy) is 1. The van der Waals surface area contributed by atoms with Gasteiger partial charge in [-0.3, -0.25) is 0 Å². The Hall–Kier alpha value is -0.500. The third-order valence-electron chi connectivity index (χ3n) is 3.26. The van der Waals surface area contributed by atoms with Crippen molar-refractivity contribution in [2.24, 2.45) is 5.92 Å². The van der Waals surface area contributed by atoms with Crippen molar-refractivity contribution in [3.8, 4) is 0 Å². The second-order valence-electron chi connectivity index (χ2n) is 3.98. The zero-order chi connectivity index (χ0) is 8.60. The van der Waals surface area contributed by atoms with Crippen LogP contribution in [0.4, 0.5) is 0 Å². The predicted molar refractivity (Wildman–Crippen MR) is 46.6 cm³/mol. The Morgan fingerprint density at radius 2 is 2.50 bits per heavy atom. The standard InChI is InChI=1S/C10H16O2/c1-8-4-5-10(8,11)9-3-2-6-12-7-9/h7-8,11H,2-6H2,1H3. The Bertz CT molecular complexity index is 210. The van der Waals surface area contributed by atoms with Crippen LogP contribution in [0, 0.1) is 5.92 Å². The lowest BCUT2D eigenvalue weighted by Crippen LogP contribution is -2.47. The molecule has 12 heavy (non-hydrogen) atoms. The molecule has 0 bridgehead atoms. The molecule has 0 aromatic rings. The second-order valence-corrected chi connectivity index (χ2v) is 3.98. The Morgan fingerprint density at radius 1 is 1.67 bits per heavy atom. The van der Waals surface area contributed by atoms with Gasteiger partial charge in [0, 0.05) is 0 Å². The molecule has 1 aliphatic carbocycles. The molecular formula is C10H16O2. The minimum absolute atomic E-state index is 0.422. The second kappa shape index (κ2) is 2.77. The van der Waals surface area contributed by atoms with Crippen LogP contribution >= 0.6 is 0 Å². The first-order chi connectivity index (χ1) is 5.73. The lowest BCUT2D eigenvalue weighted by molar-refractivity contribution is -0.0604. The predicted octanol–water partition coefficient (Wildman–Crippen LogP) is 1.84. The minimum atomic E-state index is -0.513. The zero-order valence-electron chi connectivity index (χ0n) is 7.55. The molecule has 0 saturated heterocycles. The average molecular weight is 168 g/mol. The first kappa shape index (κ1) is 8.11. The van der Waals surface area contributed by atoms with Crippen LogP contribution in [0.1, 0.15) is 32.6 Å². The summed E-state index contributed by atoms with van der Waals surface area (Å²) >= 11 is 0. The molecule has 2 heteroatoms. The van der Waals surface area contributed by atoms with E-state index in [1.165, 1.54) is 0 Å². The van der Waals surface area contributed by atoms with E-state index in [4.69, 9.17) is 4.74 Å². The fourth-order valence-corrected chi connectivity index (χ4v) is 2.07. The van der Waals surface area contributed by atoms with E-state index < -0.39 is 5.60 Å². The van der Waals surface area contributed by atoms with Crippen LogP contribution in [0.2, 0.25) is 0 Å². The number of rotatable bonds is 1. The molecule has 1 fully saturated rings. The molecule has 2 aliphatic rings. The van der Waals surface area contributed by atoms with Gasteiger partial charge in [0.2, 0.25) is 0 Å². The molecule has 1 aliphatic heterocycles. The Balaban J connectivity index is 2.11. The van der Waals surface area contributed by atoms with E-state index in [-0.39, 0.29) is 0 Å². The van der Waals surface area contributed by atoms with E-state index in [0.29, 0.717) is 5.92 Å². The average Bonchev–Trinajstić information content (AvgIpc) is 2.16. The molecule has 2 atom stereocenters. The largest absolute Gasteiger partial charge is 0.501 e. The molecule has 0 radical (unpaired) electrons. The van der Waals surface area contributed by atoms with Crippen LogP contribution in [0.3, 0.4) is 0 Å². The number of aliphatic hydroxyl groups is 1. The summed E-state index contributed by atoms with van der Waals surface area (Å²) in [5.41, 5.74) is 0.605. The molecule has 0 amide bonds. The smallest absolute Gasteiger partial charge is 0.0914 e. The summed E-state index contributed by atoms with van der Waals surface area (Å²) in [6, 6.07) is 0. The van der Waals surface area contributed by atoms with Gasteiger partial charge in [-0.1, -0.05) is 6.92 Å². The van der Waals surface area contributed by atoms with Gasteiger partial charge in [-0.15, -0.1) is 0 Å². The van der Waals surface area contributed by atoms with Crippen LogP contribution in [0.25, 0.3) is 0 Å². The van der Waals surface area contributed by atoms with E-state index in [1.54, 1.807) is 6.26 Å². The third kappa shape index (κ3) is 1.06. The van der Waals surface area contributed by atoms with Gasteiger partial charge in [0.15, 0.2) is 0 Å². The fourth-order valence-electron chi connectivity index (χ4n) is 2.07. The van der Waals surface area contributed by atoms with Crippen LogP contribution in [-0.4, -0.2) is 17.3 Å². The van der Waals surface area contributed by atoms with Gasteiger partial charge in [0.25, 0.3) is 0 Å². The Kier molecular flexibility index (Phi) is 1.87. The van der Waals surface area contributed by atoms with Crippen LogP contribution in [0.5, 0.6) is 0 Å². The number of hydrogen-bond donors (Lipinski definition) is 1. The van der Waals surface area contributed by atoms with Gasteiger partial charge >= 0.3 is 0 Å². The third-order valence-corrected chi connectivity index (χ3v) is 3.26. The maximum absolute atomic E-state index is 10.2. The van der Waals surface area contributed by atoms with E-state index in [1.807, 2.05) is 0 Å². The maximum Gasteiger partial charge on any atom is 0.0914 e. The topological polar surface area (TPSA) is 29.5 Å². The molecule has 1 saturated carbocycles. The monoisotopic (exact) mass is 168 g/mol. The molecule has 1 heterocycles. The number of hydrogen-bond acceptors (Lipinski definition) is 2. The van der Waals surface area contributed by atoms with Crippen molar-refractivity contribution >= 4 is 0 Å². The summed E-state index contributed by atoms with van der Waals surface area (Å²) in [5, 5.41) is 10.2. The summed E-state index contributed by atoms with van der Waals surface area (Å²) in [4.78, 5) is 0. The van der Waals surface area contributed by atoms with Crippen molar-refractivity contribution in [2.75, 3.05) is 6.61 Å². The summed E-state index contributed by atoms with van der Waals surface area (Å²) in [6.45, 7) is 2.92. The zero-order valence-corrected chi connectivity index (χ0v) is 7.55. The van der Waals surface area contributed by atoms with E-state index >= 15 is 0 Å². The fraction of sp³-hybridized carbons (Fsp3) is 0.800. The highest BCUT2D eigenvalue weighted by Gasteiger charge is 2.45. The first-order valence-electron chi connectivity index (χ1n) is 4.77. The Morgan fingerprint density at radius 3 is 2.92 bits per heavy atom. The van der Waals surface area contributed by atoms with Crippen molar-refractivity contribution in [1.29, 1.82) is 0 Å². The van der Waals surface area contributed by atoms with Crippen molar-refractivity contribution in [1.82, 2.24) is 0 Å². The molecule has 2 rings (SSSR count). The van der Waals surface area contributed by atoms with Crippen LogP contribution in [0.15, 0.2) is 11.8 Å². The van der Waals surface area contributed by atoms with Gasteiger partial charge in [-0.2, -0.15) is 0 Å². The van der Waals surface area contributed by atoms with Gasteiger partial charge in [-0.05, 0) is 37.2 Å². The SMILES string of the molecule is CC1CCC1(O)C1=COCCC1. The highest BCUT2D eigenvalue weighted by molar-refractivity contribution is 5.21. The summed E-state index contributed by atoms with van der Waals surface area (Å²) in [7, 11) is 0. The highest BCUT2D eigenvalue weighted by atomic mass is 16.5. The molecule has 0 spiro atoms. The lowest BCUT2D eigenvalue weighted by Gasteiger charge is -2.46. The van der Waals surface area contributed by atoms with Crippen LogP contribution in [-0.2, 0) is 4.74 Å². The molecule has 0 aromatic carbocycles. The van der Waals surface area contributed by atoms with Gasteiger partial charge in [-0.25, -0.2) is 0 Å². The molecule has 0 aromatic heterocycles. The van der Waals surface area contributed by atoms with Crippen molar-refractivity contribution in [3.63, 3.8) is 0 Å². The Labute approximate surface area is 73.2 Å².